The second-order valence-corrected chi connectivity index (χ2v) is 7.60. The van der Waals surface area contributed by atoms with Gasteiger partial charge in [0.05, 0.1) is 4.90 Å². The highest BCUT2D eigenvalue weighted by Crippen LogP contribution is 2.30. The summed E-state index contributed by atoms with van der Waals surface area (Å²) in [4.78, 5) is 0.382. The third-order valence-electron chi connectivity index (χ3n) is 4.22. The monoisotopic (exact) mass is 296 g/mol. The van der Waals surface area contributed by atoms with Crippen molar-refractivity contribution in [3.05, 3.63) is 29.3 Å². The lowest BCUT2D eigenvalue weighted by Crippen LogP contribution is -2.47. The van der Waals surface area contributed by atoms with Crippen LogP contribution in [-0.4, -0.2) is 24.8 Å². The Morgan fingerprint density at radius 2 is 1.85 bits per heavy atom. The van der Waals surface area contributed by atoms with E-state index in [-0.39, 0.29) is 12.1 Å². The molecule has 1 saturated heterocycles. The molecule has 112 valence electrons. The Morgan fingerprint density at radius 3 is 2.35 bits per heavy atom. The molecule has 0 aromatic heterocycles. The molecule has 2 atom stereocenters. The van der Waals surface area contributed by atoms with Gasteiger partial charge in [0, 0.05) is 18.6 Å². The van der Waals surface area contributed by atoms with Crippen LogP contribution >= 0.6 is 0 Å². The topological polar surface area (TPSA) is 63.4 Å². The molecule has 1 aliphatic rings. The van der Waals surface area contributed by atoms with Crippen molar-refractivity contribution in [2.75, 3.05) is 0 Å². The van der Waals surface area contributed by atoms with E-state index in [0.29, 0.717) is 11.4 Å². The zero-order valence-corrected chi connectivity index (χ0v) is 13.3. The first-order valence-electron chi connectivity index (χ1n) is 7.21. The maximum Gasteiger partial charge on any atom is 0.243 e. The third-order valence-corrected chi connectivity index (χ3v) is 6.35. The summed E-state index contributed by atoms with van der Waals surface area (Å²) in [6, 6.07) is 5.38. The van der Waals surface area contributed by atoms with Crippen LogP contribution < -0.4 is 5.73 Å². The lowest BCUT2D eigenvalue weighted by molar-refractivity contribution is 0.204. The number of piperidine rings is 1. The predicted molar refractivity (Wildman–Crippen MR) is 80.9 cm³/mol. The van der Waals surface area contributed by atoms with Gasteiger partial charge in [0.15, 0.2) is 0 Å². The number of hydrogen-bond donors (Lipinski definition) is 1. The van der Waals surface area contributed by atoms with Crippen molar-refractivity contribution in [3.8, 4) is 0 Å². The van der Waals surface area contributed by atoms with E-state index in [1.807, 2.05) is 26.8 Å². The molecule has 4 nitrogen and oxygen atoms in total. The van der Waals surface area contributed by atoms with Crippen LogP contribution in [0.1, 0.15) is 44.2 Å². The van der Waals surface area contributed by atoms with Gasteiger partial charge >= 0.3 is 0 Å². The fourth-order valence-electron chi connectivity index (χ4n) is 3.05. The minimum absolute atomic E-state index is 0.0678. The van der Waals surface area contributed by atoms with E-state index in [0.717, 1.165) is 30.4 Å². The summed E-state index contributed by atoms with van der Waals surface area (Å²) in [6.45, 7) is 6.33. The van der Waals surface area contributed by atoms with E-state index in [1.165, 1.54) is 0 Å². The quantitative estimate of drug-likeness (QED) is 0.931. The van der Waals surface area contributed by atoms with Crippen LogP contribution in [0.5, 0.6) is 0 Å². The molecule has 1 heterocycles. The van der Waals surface area contributed by atoms with Crippen molar-refractivity contribution in [1.29, 1.82) is 0 Å². The lowest BCUT2D eigenvalue weighted by atomic mass is 10.0. The highest BCUT2D eigenvalue weighted by atomic mass is 32.2. The largest absolute Gasteiger partial charge is 0.326 e. The van der Waals surface area contributed by atoms with E-state index < -0.39 is 10.0 Å². The fourth-order valence-corrected chi connectivity index (χ4v) is 5.02. The van der Waals surface area contributed by atoms with E-state index in [9.17, 15) is 8.42 Å². The summed E-state index contributed by atoms with van der Waals surface area (Å²) >= 11 is 0. The van der Waals surface area contributed by atoms with Gasteiger partial charge in [0.25, 0.3) is 0 Å². The van der Waals surface area contributed by atoms with Crippen LogP contribution in [-0.2, 0) is 16.6 Å². The normalized spacial score (nSPS) is 24.8. The highest BCUT2D eigenvalue weighted by molar-refractivity contribution is 7.89. The van der Waals surface area contributed by atoms with E-state index in [4.69, 9.17) is 5.73 Å². The third kappa shape index (κ3) is 2.75. The first-order chi connectivity index (χ1) is 9.37. The van der Waals surface area contributed by atoms with Crippen molar-refractivity contribution in [3.63, 3.8) is 0 Å². The van der Waals surface area contributed by atoms with Gasteiger partial charge in [-0.3, -0.25) is 0 Å². The van der Waals surface area contributed by atoms with Crippen molar-refractivity contribution in [2.45, 2.75) is 63.6 Å². The maximum absolute atomic E-state index is 12.9. The number of sulfonamides is 1. The molecule has 0 radical (unpaired) electrons. The highest BCUT2D eigenvalue weighted by Gasteiger charge is 2.35. The van der Waals surface area contributed by atoms with Gasteiger partial charge in [0.2, 0.25) is 10.0 Å². The molecule has 5 heteroatoms. The zero-order chi connectivity index (χ0) is 14.9. The number of nitrogens with two attached hydrogens (primary N) is 1. The Kier molecular flexibility index (Phi) is 4.52. The second-order valence-electron chi connectivity index (χ2n) is 5.76. The second kappa shape index (κ2) is 5.84. The van der Waals surface area contributed by atoms with Gasteiger partial charge < -0.3 is 5.73 Å². The van der Waals surface area contributed by atoms with E-state index in [2.05, 4.69) is 0 Å². The van der Waals surface area contributed by atoms with Gasteiger partial charge in [-0.15, -0.1) is 0 Å². The summed E-state index contributed by atoms with van der Waals surface area (Å²) in [5.74, 6) is 0. The van der Waals surface area contributed by atoms with Crippen LogP contribution in [0.2, 0.25) is 0 Å². The van der Waals surface area contributed by atoms with Crippen LogP contribution in [0.4, 0.5) is 0 Å². The molecule has 20 heavy (non-hydrogen) atoms. The molecule has 2 N–H and O–H groups in total. The molecule has 0 saturated carbocycles. The Balaban J connectivity index is 2.41. The Morgan fingerprint density at radius 1 is 1.25 bits per heavy atom. The van der Waals surface area contributed by atoms with Gasteiger partial charge in [-0.25, -0.2) is 8.42 Å². The van der Waals surface area contributed by atoms with Crippen molar-refractivity contribution in [2.24, 2.45) is 5.73 Å². The summed E-state index contributed by atoms with van der Waals surface area (Å²) < 4.78 is 27.4. The van der Waals surface area contributed by atoms with Crippen molar-refractivity contribution >= 4 is 10.0 Å². The molecule has 1 aliphatic heterocycles. The van der Waals surface area contributed by atoms with Crippen LogP contribution in [0.15, 0.2) is 23.1 Å². The molecular weight excluding hydrogens is 272 g/mol. The van der Waals surface area contributed by atoms with Gasteiger partial charge in [-0.05, 0) is 56.9 Å². The average molecular weight is 296 g/mol. The number of nitrogens with zero attached hydrogens (tertiary/aromatic N) is 1. The Labute approximate surface area is 122 Å². The van der Waals surface area contributed by atoms with Crippen LogP contribution in [0.25, 0.3) is 0 Å². The van der Waals surface area contributed by atoms with E-state index >= 15 is 0 Å². The summed E-state index contributed by atoms with van der Waals surface area (Å²) in [7, 11) is -3.42. The van der Waals surface area contributed by atoms with Crippen molar-refractivity contribution in [1.82, 2.24) is 4.31 Å². The minimum atomic E-state index is -3.42. The molecule has 2 rings (SSSR count). The van der Waals surface area contributed by atoms with Crippen LogP contribution in [0, 0.1) is 6.92 Å². The fraction of sp³-hybridized carbons (Fsp3) is 0.600. The first-order valence-corrected chi connectivity index (χ1v) is 8.65. The summed E-state index contributed by atoms with van der Waals surface area (Å²) in [5.41, 5.74) is 7.56. The van der Waals surface area contributed by atoms with Gasteiger partial charge in [-0.2, -0.15) is 4.31 Å². The van der Waals surface area contributed by atoms with Gasteiger partial charge in [0.1, 0.15) is 0 Å². The molecule has 2 unspecified atom stereocenters. The molecule has 0 bridgehead atoms. The van der Waals surface area contributed by atoms with E-state index in [1.54, 1.807) is 16.4 Å². The molecular formula is C15H24N2O2S. The van der Waals surface area contributed by atoms with Crippen LogP contribution in [0.3, 0.4) is 0 Å². The summed E-state index contributed by atoms with van der Waals surface area (Å²) in [5, 5.41) is 0. The smallest absolute Gasteiger partial charge is 0.243 e. The minimum Gasteiger partial charge on any atom is -0.326 e. The Hall–Kier alpha value is -0.910. The standard InChI is InChI=1S/C15H24N2O2S/c1-11-9-15(8-7-14(11)10-16)20(18,19)17-12(2)5-4-6-13(17)3/h7-9,12-13H,4-6,10,16H2,1-3H3. The predicted octanol–water partition coefficient (Wildman–Crippen LogP) is 2.41. The average Bonchev–Trinajstić information content (AvgIpc) is 2.38. The number of aryl methyl sites for hydroxylation is 1. The molecule has 1 aromatic rings. The SMILES string of the molecule is Cc1cc(S(=O)(=O)N2C(C)CCCC2C)ccc1CN. The molecule has 0 amide bonds. The molecule has 1 fully saturated rings. The number of rotatable bonds is 3. The maximum atomic E-state index is 12.9. The zero-order valence-electron chi connectivity index (χ0n) is 12.5. The lowest BCUT2D eigenvalue weighted by Gasteiger charge is -2.37. The number of benzene rings is 1. The first kappa shape index (κ1) is 15.5. The molecule has 0 aliphatic carbocycles. The van der Waals surface area contributed by atoms with Crippen molar-refractivity contribution < 1.29 is 8.42 Å². The molecule has 1 aromatic carbocycles. The summed E-state index contributed by atoms with van der Waals surface area (Å²) in [6.07, 6.45) is 2.96. The molecule has 0 spiro atoms. The Bertz CT molecular complexity index is 574. The number of hydrogen-bond acceptors (Lipinski definition) is 3. The van der Waals surface area contributed by atoms with Gasteiger partial charge in [-0.1, -0.05) is 12.5 Å².